The van der Waals surface area contributed by atoms with Gasteiger partial charge in [-0.25, -0.2) is 9.48 Å². The molecule has 3 aromatic rings. The Hall–Kier alpha value is -3.19. The summed E-state index contributed by atoms with van der Waals surface area (Å²) in [5, 5.41) is 15.6. The lowest BCUT2D eigenvalue weighted by Gasteiger charge is -2.06. The van der Waals surface area contributed by atoms with Gasteiger partial charge in [0.2, 0.25) is 0 Å². The van der Waals surface area contributed by atoms with E-state index in [2.05, 4.69) is 5.10 Å². The predicted octanol–water partition coefficient (Wildman–Crippen LogP) is 4.47. The fraction of sp³-hybridized carbons (Fsp3) is 0.200. The smallest absolute Gasteiger partial charge is 0.343 e. The lowest BCUT2D eigenvalue weighted by Crippen LogP contribution is -2.08. The minimum absolute atomic E-state index is 0.104. The molecular formula is C20H18ClN3O4. The van der Waals surface area contributed by atoms with Crippen LogP contribution in [0.4, 0.5) is 5.69 Å². The number of hydrogen-bond donors (Lipinski definition) is 0. The van der Waals surface area contributed by atoms with Crippen LogP contribution in [0, 0.1) is 24.0 Å². The molecule has 28 heavy (non-hydrogen) atoms. The molecule has 0 aliphatic carbocycles. The molecule has 0 aliphatic heterocycles. The summed E-state index contributed by atoms with van der Waals surface area (Å²) in [6, 6.07) is 14.0. The zero-order valence-electron chi connectivity index (χ0n) is 15.4. The molecule has 0 amide bonds. The normalized spacial score (nSPS) is 10.7. The summed E-state index contributed by atoms with van der Waals surface area (Å²) < 4.78 is 6.80. The molecular weight excluding hydrogens is 382 g/mol. The lowest BCUT2D eigenvalue weighted by atomic mass is 10.1. The maximum absolute atomic E-state index is 12.5. The number of nitro groups is 1. The highest BCUT2D eigenvalue weighted by Gasteiger charge is 2.23. The minimum Gasteiger partial charge on any atom is -0.457 e. The molecule has 144 valence electrons. The zero-order valence-corrected chi connectivity index (χ0v) is 16.1. The molecule has 0 aliphatic rings. The fourth-order valence-electron chi connectivity index (χ4n) is 2.78. The molecule has 0 fully saturated rings. The van der Waals surface area contributed by atoms with Crippen molar-refractivity contribution in [1.82, 2.24) is 9.78 Å². The largest absolute Gasteiger partial charge is 0.457 e. The van der Waals surface area contributed by atoms with E-state index < -0.39 is 10.9 Å². The number of hydrogen-bond acceptors (Lipinski definition) is 5. The standard InChI is InChI=1S/C20H18ClN3O4/c1-13-7-9-15(10-8-13)11-23-19(21)18(14(2)22-23)20(25)28-12-16-5-3-4-6-17(16)24(26)27/h3-10H,11-12H2,1-2H3. The van der Waals surface area contributed by atoms with Gasteiger partial charge in [-0.1, -0.05) is 53.6 Å². The molecule has 3 rings (SSSR count). The van der Waals surface area contributed by atoms with Crippen molar-refractivity contribution in [3.05, 3.63) is 91.7 Å². The molecule has 0 spiro atoms. The molecule has 1 heterocycles. The van der Waals surface area contributed by atoms with Gasteiger partial charge < -0.3 is 4.74 Å². The van der Waals surface area contributed by atoms with Crippen LogP contribution in [-0.2, 0) is 17.9 Å². The Morgan fingerprint density at radius 1 is 1.18 bits per heavy atom. The molecule has 1 aromatic heterocycles. The van der Waals surface area contributed by atoms with Crippen LogP contribution < -0.4 is 0 Å². The predicted molar refractivity (Wildman–Crippen MR) is 104 cm³/mol. The third kappa shape index (κ3) is 4.20. The molecule has 0 saturated heterocycles. The van der Waals surface area contributed by atoms with Gasteiger partial charge in [0.25, 0.3) is 5.69 Å². The summed E-state index contributed by atoms with van der Waals surface area (Å²) in [5.41, 5.74) is 2.94. The highest BCUT2D eigenvalue weighted by molar-refractivity contribution is 6.32. The zero-order chi connectivity index (χ0) is 20.3. The second-order valence-corrected chi connectivity index (χ2v) is 6.71. The first-order valence-corrected chi connectivity index (χ1v) is 8.92. The van der Waals surface area contributed by atoms with Crippen LogP contribution in [-0.4, -0.2) is 20.7 Å². The van der Waals surface area contributed by atoms with E-state index in [0.717, 1.165) is 11.1 Å². The summed E-state index contributed by atoms with van der Waals surface area (Å²) in [4.78, 5) is 23.1. The quantitative estimate of drug-likeness (QED) is 0.347. The molecule has 8 heteroatoms. The molecule has 0 atom stereocenters. The van der Waals surface area contributed by atoms with Gasteiger partial charge in [0.05, 0.1) is 22.7 Å². The highest BCUT2D eigenvalue weighted by atomic mass is 35.5. The van der Waals surface area contributed by atoms with Crippen LogP contribution in [0.25, 0.3) is 0 Å². The fourth-order valence-corrected chi connectivity index (χ4v) is 3.09. The first-order valence-electron chi connectivity index (χ1n) is 8.54. The number of aryl methyl sites for hydroxylation is 2. The van der Waals surface area contributed by atoms with Gasteiger partial charge in [-0.2, -0.15) is 5.10 Å². The van der Waals surface area contributed by atoms with Gasteiger partial charge in [-0.3, -0.25) is 10.1 Å². The Bertz CT molecular complexity index is 1030. The molecule has 0 bridgehead atoms. The van der Waals surface area contributed by atoms with Gasteiger partial charge in [0.15, 0.2) is 0 Å². The van der Waals surface area contributed by atoms with Crippen LogP contribution >= 0.6 is 11.6 Å². The average Bonchev–Trinajstić information content (AvgIpc) is 2.95. The number of carbonyl (C=O) groups excluding carboxylic acids is 1. The Kier molecular flexibility index (Phi) is 5.75. The van der Waals surface area contributed by atoms with Crippen molar-refractivity contribution >= 4 is 23.3 Å². The first-order chi connectivity index (χ1) is 13.4. The van der Waals surface area contributed by atoms with Crippen molar-refractivity contribution in [3.8, 4) is 0 Å². The maximum atomic E-state index is 12.5. The number of ether oxygens (including phenoxy) is 1. The van der Waals surface area contributed by atoms with Gasteiger partial charge in [0, 0.05) is 6.07 Å². The highest BCUT2D eigenvalue weighted by Crippen LogP contribution is 2.24. The third-order valence-electron chi connectivity index (χ3n) is 4.27. The van der Waals surface area contributed by atoms with E-state index in [1.807, 2.05) is 31.2 Å². The van der Waals surface area contributed by atoms with E-state index >= 15 is 0 Å². The summed E-state index contributed by atoms with van der Waals surface area (Å²) >= 11 is 6.36. The average molecular weight is 400 g/mol. The SMILES string of the molecule is Cc1ccc(Cn2nc(C)c(C(=O)OCc3ccccc3[N+](=O)[O-])c2Cl)cc1. The van der Waals surface area contributed by atoms with Crippen LogP contribution in [0.5, 0.6) is 0 Å². The van der Waals surface area contributed by atoms with Crippen molar-refractivity contribution in [1.29, 1.82) is 0 Å². The van der Waals surface area contributed by atoms with E-state index in [1.165, 1.54) is 10.7 Å². The first kappa shape index (κ1) is 19.6. The monoisotopic (exact) mass is 399 g/mol. The lowest BCUT2D eigenvalue weighted by molar-refractivity contribution is -0.385. The van der Waals surface area contributed by atoms with Gasteiger partial charge in [-0.05, 0) is 25.5 Å². The van der Waals surface area contributed by atoms with Crippen LogP contribution in [0.3, 0.4) is 0 Å². The Morgan fingerprint density at radius 2 is 1.86 bits per heavy atom. The number of rotatable bonds is 6. The van der Waals surface area contributed by atoms with Crippen LogP contribution in [0.1, 0.15) is 32.7 Å². The molecule has 0 unspecified atom stereocenters. The van der Waals surface area contributed by atoms with E-state index in [-0.39, 0.29) is 23.0 Å². The van der Waals surface area contributed by atoms with Crippen molar-refractivity contribution < 1.29 is 14.5 Å². The number of carbonyl (C=O) groups is 1. The topological polar surface area (TPSA) is 87.3 Å². The second-order valence-electron chi connectivity index (χ2n) is 6.36. The van der Waals surface area contributed by atoms with Crippen molar-refractivity contribution in [2.75, 3.05) is 0 Å². The van der Waals surface area contributed by atoms with Gasteiger partial charge in [0.1, 0.15) is 17.3 Å². The number of halogens is 1. The van der Waals surface area contributed by atoms with E-state index in [9.17, 15) is 14.9 Å². The molecule has 0 saturated carbocycles. The van der Waals surface area contributed by atoms with Crippen molar-refractivity contribution in [2.45, 2.75) is 27.0 Å². The molecule has 7 nitrogen and oxygen atoms in total. The summed E-state index contributed by atoms with van der Waals surface area (Å²) in [6.07, 6.45) is 0. The number of esters is 1. The van der Waals surface area contributed by atoms with Gasteiger partial charge in [-0.15, -0.1) is 0 Å². The maximum Gasteiger partial charge on any atom is 0.343 e. The van der Waals surface area contributed by atoms with Crippen molar-refractivity contribution in [2.24, 2.45) is 0 Å². The summed E-state index contributed by atoms with van der Waals surface area (Å²) in [5.74, 6) is -0.671. The number of nitrogens with zero attached hydrogens (tertiary/aromatic N) is 3. The van der Waals surface area contributed by atoms with E-state index in [1.54, 1.807) is 25.1 Å². The van der Waals surface area contributed by atoms with E-state index in [0.29, 0.717) is 17.8 Å². The molecule has 0 N–H and O–H groups in total. The van der Waals surface area contributed by atoms with Crippen LogP contribution in [0.2, 0.25) is 5.15 Å². The Balaban J connectivity index is 1.76. The Morgan fingerprint density at radius 3 is 2.54 bits per heavy atom. The number of benzene rings is 2. The summed E-state index contributed by atoms with van der Waals surface area (Å²) in [7, 11) is 0. The van der Waals surface area contributed by atoms with Crippen LogP contribution in [0.15, 0.2) is 48.5 Å². The van der Waals surface area contributed by atoms with Crippen molar-refractivity contribution in [3.63, 3.8) is 0 Å². The summed E-state index contributed by atoms with van der Waals surface area (Å²) in [6.45, 7) is 3.85. The Labute approximate surface area is 166 Å². The second kappa shape index (κ2) is 8.22. The van der Waals surface area contributed by atoms with E-state index in [4.69, 9.17) is 16.3 Å². The third-order valence-corrected chi connectivity index (χ3v) is 4.65. The number of nitro benzene ring substituents is 1. The number of aromatic nitrogens is 2. The number of para-hydroxylation sites is 1. The molecule has 2 aromatic carbocycles. The molecule has 0 radical (unpaired) electrons. The van der Waals surface area contributed by atoms with Gasteiger partial charge >= 0.3 is 5.97 Å². The minimum atomic E-state index is -0.671.